The van der Waals surface area contributed by atoms with E-state index in [0.29, 0.717) is 0 Å². The van der Waals surface area contributed by atoms with Crippen LogP contribution in [0.3, 0.4) is 0 Å². The lowest BCUT2D eigenvalue weighted by Crippen LogP contribution is -2.11. The summed E-state index contributed by atoms with van der Waals surface area (Å²) in [7, 11) is 0. The lowest BCUT2D eigenvalue weighted by molar-refractivity contribution is 0.208. The molecule has 4 N–H and O–H groups in total. The number of carboxylic acid groups (broad SMARTS) is 2. The first-order valence-corrected chi connectivity index (χ1v) is 4.55. The van der Waals surface area contributed by atoms with Gasteiger partial charge in [-0.05, 0) is 12.1 Å². The SMILES string of the molecule is N#Cc1cc(NC(=O)O)c(Cl)c(NC(=O)O)c1. The Morgan fingerprint density at radius 3 is 1.88 bits per heavy atom. The first-order chi connectivity index (χ1) is 7.93. The number of nitrogens with one attached hydrogen (secondary N) is 2. The van der Waals surface area contributed by atoms with Crippen molar-refractivity contribution in [3.63, 3.8) is 0 Å². The highest BCUT2D eigenvalue weighted by molar-refractivity contribution is 6.36. The van der Waals surface area contributed by atoms with Gasteiger partial charge in [-0.1, -0.05) is 11.6 Å². The fourth-order valence-corrected chi connectivity index (χ4v) is 1.30. The Hall–Kier alpha value is -2.46. The van der Waals surface area contributed by atoms with E-state index in [2.05, 4.69) is 0 Å². The second kappa shape index (κ2) is 5.05. The first kappa shape index (κ1) is 12.6. The Morgan fingerprint density at radius 1 is 1.18 bits per heavy atom. The van der Waals surface area contributed by atoms with Crippen molar-refractivity contribution < 1.29 is 19.8 Å². The zero-order chi connectivity index (χ0) is 13.0. The van der Waals surface area contributed by atoms with Crippen LogP contribution < -0.4 is 10.6 Å². The van der Waals surface area contributed by atoms with Crippen LogP contribution in [0.4, 0.5) is 21.0 Å². The Balaban J connectivity index is 3.26. The van der Waals surface area contributed by atoms with Crippen LogP contribution in [0.1, 0.15) is 5.56 Å². The number of anilines is 2. The third kappa shape index (κ3) is 3.25. The largest absolute Gasteiger partial charge is 0.465 e. The van der Waals surface area contributed by atoms with Crippen LogP contribution in [0.2, 0.25) is 5.02 Å². The van der Waals surface area contributed by atoms with Crippen LogP contribution in [0.5, 0.6) is 0 Å². The van der Waals surface area contributed by atoms with E-state index in [1.54, 1.807) is 6.07 Å². The summed E-state index contributed by atoms with van der Waals surface area (Å²) < 4.78 is 0. The summed E-state index contributed by atoms with van der Waals surface area (Å²) in [6, 6.07) is 4.15. The molecule has 0 heterocycles. The molecule has 2 amide bonds. The number of amides is 2. The fourth-order valence-electron chi connectivity index (χ4n) is 1.10. The van der Waals surface area contributed by atoms with Crippen molar-refractivity contribution in [2.45, 2.75) is 0 Å². The zero-order valence-corrected chi connectivity index (χ0v) is 8.95. The summed E-state index contributed by atoms with van der Waals surface area (Å²) in [5.74, 6) is 0. The molecule has 17 heavy (non-hydrogen) atoms. The summed E-state index contributed by atoms with van der Waals surface area (Å²) in [6.45, 7) is 0. The molecule has 1 rings (SSSR count). The number of carbonyl (C=O) groups is 2. The lowest BCUT2D eigenvalue weighted by Gasteiger charge is -2.09. The van der Waals surface area contributed by atoms with Gasteiger partial charge in [-0.3, -0.25) is 10.6 Å². The van der Waals surface area contributed by atoms with Gasteiger partial charge in [0.25, 0.3) is 0 Å². The van der Waals surface area contributed by atoms with Crippen LogP contribution >= 0.6 is 11.6 Å². The van der Waals surface area contributed by atoms with E-state index in [-0.39, 0.29) is 22.0 Å². The Bertz CT molecular complexity index is 486. The van der Waals surface area contributed by atoms with E-state index >= 15 is 0 Å². The number of hydrogen-bond donors (Lipinski definition) is 4. The fraction of sp³-hybridized carbons (Fsp3) is 0. The van der Waals surface area contributed by atoms with E-state index in [1.807, 2.05) is 10.6 Å². The van der Waals surface area contributed by atoms with Crippen molar-refractivity contribution in [3.05, 3.63) is 22.7 Å². The van der Waals surface area contributed by atoms with E-state index in [9.17, 15) is 9.59 Å². The number of halogens is 1. The predicted octanol–water partition coefficient (Wildman–Crippen LogP) is 2.39. The number of nitrogens with zero attached hydrogens (tertiary/aromatic N) is 1. The van der Waals surface area contributed by atoms with Gasteiger partial charge in [-0.25, -0.2) is 9.59 Å². The molecule has 0 aliphatic heterocycles. The summed E-state index contributed by atoms with van der Waals surface area (Å²) >= 11 is 5.76. The smallest absolute Gasteiger partial charge is 0.409 e. The molecule has 0 bridgehead atoms. The van der Waals surface area contributed by atoms with Gasteiger partial charge in [0.2, 0.25) is 0 Å². The van der Waals surface area contributed by atoms with Gasteiger partial charge < -0.3 is 10.2 Å². The quantitative estimate of drug-likeness (QED) is 0.646. The van der Waals surface area contributed by atoms with Gasteiger partial charge in [-0.15, -0.1) is 0 Å². The molecule has 0 spiro atoms. The van der Waals surface area contributed by atoms with Crippen LogP contribution in [-0.2, 0) is 0 Å². The molecule has 1 aromatic rings. The molecule has 0 saturated carbocycles. The molecule has 8 heteroatoms. The monoisotopic (exact) mass is 255 g/mol. The van der Waals surface area contributed by atoms with Gasteiger partial charge >= 0.3 is 12.2 Å². The maximum atomic E-state index is 10.5. The molecule has 7 nitrogen and oxygen atoms in total. The van der Waals surface area contributed by atoms with Crippen LogP contribution in [-0.4, -0.2) is 22.4 Å². The highest BCUT2D eigenvalue weighted by Crippen LogP contribution is 2.31. The van der Waals surface area contributed by atoms with Gasteiger partial charge in [0, 0.05) is 0 Å². The second-order valence-corrected chi connectivity index (χ2v) is 3.24. The normalized spacial score (nSPS) is 9.18. The minimum Gasteiger partial charge on any atom is -0.465 e. The van der Waals surface area contributed by atoms with Crippen molar-refractivity contribution >= 4 is 35.2 Å². The molecule has 0 aromatic heterocycles. The molecule has 0 fully saturated rings. The number of rotatable bonds is 2. The van der Waals surface area contributed by atoms with Crippen molar-refractivity contribution in [2.24, 2.45) is 0 Å². The van der Waals surface area contributed by atoms with Gasteiger partial charge in [0.05, 0.1) is 28.0 Å². The molecule has 0 aliphatic rings. The van der Waals surface area contributed by atoms with E-state index < -0.39 is 12.2 Å². The van der Waals surface area contributed by atoms with Crippen molar-refractivity contribution in [1.82, 2.24) is 0 Å². The van der Waals surface area contributed by atoms with Crippen molar-refractivity contribution in [2.75, 3.05) is 10.6 Å². The standard InChI is InChI=1S/C9H6ClN3O4/c10-7-5(12-8(14)15)1-4(3-11)2-6(7)13-9(16)17/h1-2,12-13H,(H,14,15)(H,16,17). The maximum Gasteiger partial charge on any atom is 0.409 e. The van der Waals surface area contributed by atoms with Gasteiger partial charge in [-0.2, -0.15) is 5.26 Å². The molecule has 0 unspecified atom stereocenters. The molecule has 0 atom stereocenters. The highest BCUT2D eigenvalue weighted by Gasteiger charge is 2.12. The van der Waals surface area contributed by atoms with Crippen LogP contribution in [0, 0.1) is 11.3 Å². The minimum atomic E-state index is -1.37. The van der Waals surface area contributed by atoms with Crippen molar-refractivity contribution in [1.29, 1.82) is 5.26 Å². The minimum absolute atomic E-state index is 0.0676. The number of benzene rings is 1. The Morgan fingerprint density at radius 2 is 1.59 bits per heavy atom. The van der Waals surface area contributed by atoms with Crippen LogP contribution in [0.15, 0.2) is 12.1 Å². The van der Waals surface area contributed by atoms with Crippen LogP contribution in [0.25, 0.3) is 0 Å². The Kier molecular flexibility index (Phi) is 3.74. The second-order valence-electron chi connectivity index (χ2n) is 2.86. The average molecular weight is 256 g/mol. The topological polar surface area (TPSA) is 122 Å². The van der Waals surface area contributed by atoms with Gasteiger partial charge in [0.15, 0.2) is 0 Å². The third-order valence-electron chi connectivity index (χ3n) is 1.68. The zero-order valence-electron chi connectivity index (χ0n) is 8.19. The lowest BCUT2D eigenvalue weighted by atomic mass is 10.2. The average Bonchev–Trinajstić information content (AvgIpc) is 2.22. The summed E-state index contributed by atoms with van der Waals surface area (Å²) in [6.07, 6.45) is -2.74. The summed E-state index contributed by atoms with van der Waals surface area (Å²) in [5, 5.41) is 29.6. The van der Waals surface area contributed by atoms with Crippen molar-refractivity contribution in [3.8, 4) is 6.07 Å². The molecular weight excluding hydrogens is 250 g/mol. The Labute approximate surface area is 100 Å². The molecule has 0 saturated heterocycles. The highest BCUT2D eigenvalue weighted by atomic mass is 35.5. The van der Waals surface area contributed by atoms with E-state index in [1.165, 1.54) is 12.1 Å². The van der Waals surface area contributed by atoms with E-state index in [4.69, 9.17) is 27.1 Å². The van der Waals surface area contributed by atoms with E-state index in [0.717, 1.165) is 0 Å². The summed E-state index contributed by atoms with van der Waals surface area (Å²) in [4.78, 5) is 20.9. The molecule has 0 radical (unpaired) electrons. The molecule has 1 aromatic carbocycles. The molecule has 0 aliphatic carbocycles. The third-order valence-corrected chi connectivity index (χ3v) is 2.09. The number of nitriles is 1. The first-order valence-electron chi connectivity index (χ1n) is 4.17. The predicted molar refractivity (Wildman–Crippen MR) is 59.5 cm³/mol. The number of hydrogen-bond acceptors (Lipinski definition) is 3. The molecule has 88 valence electrons. The summed E-state index contributed by atoms with van der Waals surface area (Å²) in [5.41, 5.74) is -0.0640. The molecular formula is C9H6ClN3O4. The maximum absolute atomic E-state index is 10.5. The van der Waals surface area contributed by atoms with Gasteiger partial charge in [0.1, 0.15) is 0 Å².